The van der Waals surface area contributed by atoms with E-state index < -0.39 is 0 Å². The highest BCUT2D eigenvalue weighted by atomic mass is 16.4. The first-order valence-electron chi connectivity index (χ1n) is 6.16. The lowest BCUT2D eigenvalue weighted by molar-refractivity contribution is 0.312. The van der Waals surface area contributed by atoms with Gasteiger partial charge in [-0.2, -0.15) is 0 Å². The summed E-state index contributed by atoms with van der Waals surface area (Å²) in [6.45, 7) is 9.67. The molecular formula is C13H22N2O. The molecule has 0 amide bonds. The zero-order valence-corrected chi connectivity index (χ0v) is 10.7. The minimum atomic E-state index is 0.0562. The maximum Gasteiger partial charge on any atom is 0.198 e. The predicted molar refractivity (Wildman–Crippen MR) is 64.6 cm³/mol. The summed E-state index contributed by atoms with van der Waals surface area (Å²) in [7, 11) is 0. The molecule has 1 aliphatic heterocycles. The molecule has 0 aromatic carbocycles. The first-order chi connectivity index (χ1) is 7.47. The molecule has 3 heteroatoms. The van der Waals surface area contributed by atoms with E-state index in [2.05, 4.69) is 38.0 Å². The molecule has 0 spiro atoms. The van der Waals surface area contributed by atoms with Gasteiger partial charge in [-0.05, 0) is 19.8 Å². The Morgan fingerprint density at radius 3 is 2.62 bits per heavy atom. The lowest BCUT2D eigenvalue weighted by Gasteiger charge is -2.25. The van der Waals surface area contributed by atoms with Crippen molar-refractivity contribution in [1.29, 1.82) is 0 Å². The molecule has 0 aliphatic carbocycles. The van der Waals surface area contributed by atoms with Gasteiger partial charge in [0.05, 0.1) is 6.20 Å². The van der Waals surface area contributed by atoms with Crippen LogP contribution < -0.4 is 5.32 Å². The lowest BCUT2D eigenvalue weighted by Crippen LogP contribution is -2.35. The van der Waals surface area contributed by atoms with Gasteiger partial charge in [-0.3, -0.25) is 0 Å². The number of piperidine rings is 1. The largest absolute Gasteiger partial charge is 0.445 e. The molecule has 2 rings (SSSR count). The van der Waals surface area contributed by atoms with Crippen LogP contribution in [0.4, 0.5) is 0 Å². The third-order valence-electron chi connectivity index (χ3n) is 3.27. The molecule has 0 unspecified atom stereocenters. The molecule has 1 fully saturated rings. The van der Waals surface area contributed by atoms with Gasteiger partial charge in [0.15, 0.2) is 5.89 Å². The summed E-state index contributed by atoms with van der Waals surface area (Å²) in [5, 5.41) is 3.48. The SMILES string of the molecule is C[C@@H]1CC[C@@H](c2ncc(C(C)(C)C)o2)CN1. The van der Waals surface area contributed by atoms with Gasteiger partial charge in [0.1, 0.15) is 5.76 Å². The van der Waals surface area contributed by atoms with Crippen LogP contribution in [-0.2, 0) is 5.41 Å². The second-order valence-corrected chi connectivity index (χ2v) is 5.90. The van der Waals surface area contributed by atoms with E-state index in [-0.39, 0.29) is 5.41 Å². The molecule has 3 nitrogen and oxygen atoms in total. The topological polar surface area (TPSA) is 38.1 Å². The fraction of sp³-hybridized carbons (Fsp3) is 0.769. The van der Waals surface area contributed by atoms with Crippen molar-refractivity contribution < 1.29 is 4.42 Å². The van der Waals surface area contributed by atoms with E-state index in [1.807, 2.05) is 6.20 Å². The quantitative estimate of drug-likeness (QED) is 0.794. The van der Waals surface area contributed by atoms with E-state index in [0.29, 0.717) is 12.0 Å². The van der Waals surface area contributed by atoms with Gasteiger partial charge in [-0.15, -0.1) is 0 Å². The summed E-state index contributed by atoms with van der Waals surface area (Å²) >= 11 is 0. The molecule has 1 aromatic rings. The molecule has 1 N–H and O–H groups in total. The van der Waals surface area contributed by atoms with Crippen molar-refractivity contribution >= 4 is 0 Å². The van der Waals surface area contributed by atoms with E-state index >= 15 is 0 Å². The molecule has 2 heterocycles. The third kappa shape index (κ3) is 2.46. The van der Waals surface area contributed by atoms with E-state index in [9.17, 15) is 0 Å². The van der Waals surface area contributed by atoms with Crippen molar-refractivity contribution in [1.82, 2.24) is 10.3 Å². The van der Waals surface area contributed by atoms with Gasteiger partial charge in [-0.1, -0.05) is 20.8 Å². The van der Waals surface area contributed by atoms with Crippen LogP contribution in [0.25, 0.3) is 0 Å². The van der Waals surface area contributed by atoms with Gasteiger partial charge in [0.25, 0.3) is 0 Å². The number of rotatable bonds is 1. The van der Waals surface area contributed by atoms with Gasteiger partial charge in [-0.25, -0.2) is 4.98 Å². The number of oxazole rings is 1. The van der Waals surface area contributed by atoms with E-state index in [0.717, 1.165) is 18.2 Å². The summed E-state index contributed by atoms with van der Waals surface area (Å²) in [4.78, 5) is 4.42. The van der Waals surface area contributed by atoms with Gasteiger partial charge >= 0.3 is 0 Å². The standard InChI is InChI=1S/C13H22N2O/c1-9-5-6-10(7-14-9)12-15-8-11(16-12)13(2,3)4/h8-10,14H,5-7H2,1-4H3/t9-,10-/m1/s1. The van der Waals surface area contributed by atoms with E-state index in [1.165, 1.54) is 12.8 Å². The predicted octanol–water partition coefficient (Wildman–Crippen LogP) is 2.83. The van der Waals surface area contributed by atoms with Gasteiger partial charge in [0, 0.05) is 23.9 Å². The molecule has 2 atom stereocenters. The molecule has 1 aromatic heterocycles. The Hall–Kier alpha value is -0.830. The normalized spacial score (nSPS) is 27.0. The van der Waals surface area contributed by atoms with Crippen LogP contribution in [-0.4, -0.2) is 17.6 Å². The lowest BCUT2D eigenvalue weighted by atomic mass is 9.94. The molecular weight excluding hydrogens is 200 g/mol. The second kappa shape index (κ2) is 4.21. The highest BCUT2D eigenvalue weighted by Gasteiger charge is 2.25. The molecule has 90 valence electrons. The molecule has 0 saturated carbocycles. The van der Waals surface area contributed by atoms with Crippen molar-refractivity contribution in [3.63, 3.8) is 0 Å². The maximum absolute atomic E-state index is 5.87. The number of hydrogen-bond donors (Lipinski definition) is 1. The highest BCUT2D eigenvalue weighted by molar-refractivity contribution is 5.08. The summed E-state index contributed by atoms with van der Waals surface area (Å²) in [6, 6.07) is 0.633. The zero-order chi connectivity index (χ0) is 11.8. The fourth-order valence-corrected chi connectivity index (χ4v) is 2.03. The average molecular weight is 222 g/mol. The van der Waals surface area contributed by atoms with Gasteiger partial charge < -0.3 is 9.73 Å². The second-order valence-electron chi connectivity index (χ2n) is 5.90. The summed E-state index contributed by atoms with van der Waals surface area (Å²) in [6.07, 6.45) is 4.27. The Morgan fingerprint density at radius 2 is 2.12 bits per heavy atom. The van der Waals surface area contributed by atoms with E-state index in [1.54, 1.807) is 0 Å². The summed E-state index contributed by atoms with van der Waals surface area (Å²) < 4.78 is 5.87. The average Bonchev–Trinajstić information content (AvgIpc) is 2.67. The molecule has 0 bridgehead atoms. The van der Waals surface area contributed by atoms with Crippen molar-refractivity contribution in [2.75, 3.05) is 6.54 Å². The molecule has 1 saturated heterocycles. The first-order valence-corrected chi connectivity index (χ1v) is 6.16. The maximum atomic E-state index is 5.87. The Balaban J connectivity index is 2.08. The highest BCUT2D eigenvalue weighted by Crippen LogP contribution is 2.29. The zero-order valence-electron chi connectivity index (χ0n) is 10.7. The fourth-order valence-electron chi connectivity index (χ4n) is 2.03. The van der Waals surface area contributed by atoms with Crippen LogP contribution in [0.2, 0.25) is 0 Å². The molecule has 1 aliphatic rings. The summed E-state index contributed by atoms with van der Waals surface area (Å²) in [5.74, 6) is 2.35. The van der Waals surface area contributed by atoms with Crippen LogP contribution in [0.5, 0.6) is 0 Å². The Bertz CT molecular complexity index is 343. The minimum Gasteiger partial charge on any atom is -0.445 e. The van der Waals surface area contributed by atoms with Gasteiger partial charge in [0.2, 0.25) is 0 Å². The summed E-state index contributed by atoms with van der Waals surface area (Å²) in [5.41, 5.74) is 0.0562. The Kier molecular flexibility index (Phi) is 3.06. The minimum absolute atomic E-state index is 0.0562. The molecule has 16 heavy (non-hydrogen) atoms. The van der Waals surface area contributed by atoms with Crippen LogP contribution >= 0.6 is 0 Å². The van der Waals surface area contributed by atoms with Crippen molar-refractivity contribution in [2.45, 2.75) is 57.9 Å². The monoisotopic (exact) mass is 222 g/mol. The first kappa shape index (κ1) is 11.6. The smallest absolute Gasteiger partial charge is 0.198 e. The van der Waals surface area contributed by atoms with Crippen LogP contribution in [0.15, 0.2) is 10.6 Å². The van der Waals surface area contributed by atoms with Crippen molar-refractivity contribution in [3.05, 3.63) is 17.8 Å². The van der Waals surface area contributed by atoms with Crippen LogP contribution in [0.1, 0.15) is 58.1 Å². The third-order valence-corrected chi connectivity index (χ3v) is 3.27. The molecule has 0 radical (unpaired) electrons. The Morgan fingerprint density at radius 1 is 1.38 bits per heavy atom. The number of hydrogen-bond acceptors (Lipinski definition) is 3. The number of aromatic nitrogens is 1. The number of nitrogens with zero attached hydrogens (tertiary/aromatic N) is 1. The van der Waals surface area contributed by atoms with Crippen molar-refractivity contribution in [3.8, 4) is 0 Å². The van der Waals surface area contributed by atoms with Crippen LogP contribution in [0, 0.1) is 0 Å². The van der Waals surface area contributed by atoms with Crippen LogP contribution in [0.3, 0.4) is 0 Å². The van der Waals surface area contributed by atoms with E-state index in [4.69, 9.17) is 4.42 Å². The van der Waals surface area contributed by atoms with Crippen molar-refractivity contribution in [2.24, 2.45) is 0 Å². The Labute approximate surface area is 97.6 Å². The number of nitrogens with one attached hydrogen (secondary N) is 1.